The Morgan fingerprint density at radius 1 is 1.11 bits per heavy atom. The van der Waals surface area contributed by atoms with Gasteiger partial charge in [-0.25, -0.2) is 0 Å². The second-order valence-electron chi connectivity index (χ2n) is 4.12. The first kappa shape index (κ1) is 12.6. The predicted octanol–water partition coefficient (Wildman–Crippen LogP) is 2.60. The van der Waals surface area contributed by atoms with E-state index in [1.165, 1.54) is 0 Å². The van der Waals surface area contributed by atoms with Crippen LogP contribution in [-0.2, 0) is 13.2 Å². The molecule has 1 aromatic carbocycles. The minimum absolute atomic E-state index is 0.0644. The number of nitrogens with zero attached hydrogens (tertiary/aromatic N) is 2. The van der Waals surface area contributed by atoms with Gasteiger partial charge in [0.2, 0.25) is 0 Å². The van der Waals surface area contributed by atoms with Crippen molar-refractivity contribution in [3.8, 4) is 0 Å². The quantitative estimate of drug-likeness (QED) is 0.875. The molecule has 0 radical (unpaired) electrons. The second-order valence-corrected chi connectivity index (χ2v) is 4.12. The molecule has 2 rings (SSSR count). The average molecular weight is 242 g/mol. The van der Waals surface area contributed by atoms with E-state index < -0.39 is 0 Å². The van der Waals surface area contributed by atoms with Crippen LogP contribution < -0.4 is 4.90 Å². The number of benzene rings is 1. The van der Waals surface area contributed by atoms with Crippen LogP contribution in [0.25, 0.3) is 0 Å². The second kappa shape index (κ2) is 6.17. The lowest BCUT2D eigenvalue weighted by Gasteiger charge is -2.25. The number of pyridine rings is 1. The Morgan fingerprint density at radius 2 is 1.89 bits per heavy atom. The van der Waals surface area contributed by atoms with E-state index in [0.29, 0.717) is 0 Å². The van der Waals surface area contributed by atoms with Gasteiger partial charge in [0.1, 0.15) is 0 Å². The Labute approximate surface area is 108 Å². The first-order valence-electron chi connectivity index (χ1n) is 6.18. The summed E-state index contributed by atoms with van der Waals surface area (Å²) in [5, 5.41) is 9.39. The van der Waals surface area contributed by atoms with Crippen LogP contribution in [0.4, 0.5) is 5.69 Å². The summed E-state index contributed by atoms with van der Waals surface area (Å²) in [6.45, 7) is 3.81. The number of anilines is 1. The molecule has 0 aliphatic rings. The number of hydrogen-bond donors (Lipinski definition) is 1. The fourth-order valence-electron chi connectivity index (χ4n) is 2.01. The first-order valence-corrected chi connectivity index (χ1v) is 6.18. The van der Waals surface area contributed by atoms with Crippen LogP contribution in [0, 0.1) is 0 Å². The minimum Gasteiger partial charge on any atom is -0.392 e. The molecule has 0 spiro atoms. The predicted molar refractivity (Wildman–Crippen MR) is 73.3 cm³/mol. The summed E-state index contributed by atoms with van der Waals surface area (Å²) in [4.78, 5) is 6.56. The number of rotatable bonds is 5. The SMILES string of the molecule is CCN(Cc1ccccn1)c1ccccc1CO. The summed E-state index contributed by atoms with van der Waals surface area (Å²) in [5.74, 6) is 0. The van der Waals surface area contributed by atoms with E-state index in [1.54, 1.807) is 6.20 Å². The highest BCUT2D eigenvalue weighted by atomic mass is 16.3. The molecule has 3 heteroatoms. The summed E-state index contributed by atoms with van der Waals surface area (Å²) in [6.07, 6.45) is 1.81. The van der Waals surface area contributed by atoms with Gasteiger partial charge in [-0.05, 0) is 25.1 Å². The number of aliphatic hydroxyl groups excluding tert-OH is 1. The third-order valence-electron chi connectivity index (χ3n) is 2.96. The van der Waals surface area contributed by atoms with Gasteiger partial charge >= 0.3 is 0 Å². The minimum atomic E-state index is 0.0644. The molecule has 2 aromatic rings. The third-order valence-corrected chi connectivity index (χ3v) is 2.96. The molecule has 0 atom stereocenters. The summed E-state index contributed by atoms with van der Waals surface area (Å²) < 4.78 is 0. The van der Waals surface area contributed by atoms with Crippen molar-refractivity contribution in [3.63, 3.8) is 0 Å². The van der Waals surface area contributed by atoms with Crippen molar-refractivity contribution in [2.24, 2.45) is 0 Å². The number of aromatic nitrogens is 1. The lowest BCUT2D eigenvalue weighted by atomic mass is 10.1. The molecule has 0 amide bonds. The number of para-hydroxylation sites is 1. The Morgan fingerprint density at radius 3 is 2.56 bits per heavy atom. The largest absolute Gasteiger partial charge is 0.392 e. The van der Waals surface area contributed by atoms with Gasteiger partial charge in [-0.3, -0.25) is 4.98 Å². The van der Waals surface area contributed by atoms with Gasteiger partial charge in [-0.2, -0.15) is 0 Å². The molecular weight excluding hydrogens is 224 g/mol. The molecule has 0 fully saturated rings. The molecule has 0 unspecified atom stereocenters. The number of aliphatic hydroxyl groups is 1. The topological polar surface area (TPSA) is 36.4 Å². The van der Waals surface area contributed by atoms with Crippen LogP contribution in [0.5, 0.6) is 0 Å². The fraction of sp³-hybridized carbons (Fsp3) is 0.267. The molecule has 18 heavy (non-hydrogen) atoms. The maximum absolute atomic E-state index is 9.39. The molecule has 1 heterocycles. The van der Waals surface area contributed by atoms with Crippen LogP contribution in [0.2, 0.25) is 0 Å². The van der Waals surface area contributed by atoms with E-state index in [0.717, 1.165) is 30.0 Å². The van der Waals surface area contributed by atoms with E-state index in [2.05, 4.69) is 16.8 Å². The van der Waals surface area contributed by atoms with Gasteiger partial charge in [0, 0.05) is 24.0 Å². The van der Waals surface area contributed by atoms with E-state index in [9.17, 15) is 5.11 Å². The zero-order valence-electron chi connectivity index (χ0n) is 10.6. The molecular formula is C15H18N2O. The smallest absolute Gasteiger partial charge is 0.0702 e. The maximum atomic E-state index is 9.39. The normalized spacial score (nSPS) is 10.3. The first-order chi connectivity index (χ1) is 8.85. The van der Waals surface area contributed by atoms with Crippen molar-refractivity contribution in [2.45, 2.75) is 20.1 Å². The molecule has 94 valence electrons. The standard InChI is InChI=1S/C15H18N2O/c1-2-17(11-14-8-5-6-10-16-14)15-9-4-3-7-13(15)12-18/h3-10,18H,2,11-12H2,1H3. The summed E-state index contributed by atoms with van der Waals surface area (Å²) in [5.41, 5.74) is 3.07. The Balaban J connectivity index is 2.23. The van der Waals surface area contributed by atoms with Crippen molar-refractivity contribution in [3.05, 3.63) is 59.9 Å². The number of hydrogen-bond acceptors (Lipinski definition) is 3. The van der Waals surface area contributed by atoms with E-state index in [-0.39, 0.29) is 6.61 Å². The van der Waals surface area contributed by atoms with Gasteiger partial charge in [0.15, 0.2) is 0 Å². The fourth-order valence-corrected chi connectivity index (χ4v) is 2.01. The van der Waals surface area contributed by atoms with Crippen molar-refractivity contribution in [1.29, 1.82) is 0 Å². The lowest BCUT2D eigenvalue weighted by Crippen LogP contribution is -2.23. The lowest BCUT2D eigenvalue weighted by molar-refractivity contribution is 0.282. The van der Waals surface area contributed by atoms with Crippen LogP contribution in [0.15, 0.2) is 48.7 Å². The van der Waals surface area contributed by atoms with Gasteiger partial charge in [-0.15, -0.1) is 0 Å². The molecule has 0 aliphatic carbocycles. The van der Waals surface area contributed by atoms with Crippen LogP contribution in [-0.4, -0.2) is 16.6 Å². The molecule has 1 N–H and O–H groups in total. The highest BCUT2D eigenvalue weighted by molar-refractivity contribution is 5.53. The Bertz CT molecular complexity index is 485. The molecule has 0 saturated carbocycles. The summed E-state index contributed by atoms with van der Waals surface area (Å²) in [7, 11) is 0. The molecule has 1 aromatic heterocycles. The summed E-state index contributed by atoms with van der Waals surface area (Å²) >= 11 is 0. The molecule has 0 aliphatic heterocycles. The monoisotopic (exact) mass is 242 g/mol. The van der Waals surface area contributed by atoms with Crippen molar-refractivity contribution >= 4 is 5.69 Å². The van der Waals surface area contributed by atoms with Crippen molar-refractivity contribution in [1.82, 2.24) is 4.98 Å². The highest BCUT2D eigenvalue weighted by Gasteiger charge is 2.09. The molecule has 0 saturated heterocycles. The Kier molecular flexibility index (Phi) is 4.31. The van der Waals surface area contributed by atoms with Gasteiger partial charge in [0.05, 0.1) is 18.8 Å². The van der Waals surface area contributed by atoms with Crippen LogP contribution >= 0.6 is 0 Å². The van der Waals surface area contributed by atoms with Crippen LogP contribution in [0.3, 0.4) is 0 Å². The van der Waals surface area contributed by atoms with Crippen molar-refractivity contribution in [2.75, 3.05) is 11.4 Å². The van der Waals surface area contributed by atoms with Crippen LogP contribution in [0.1, 0.15) is 18.2 Å². The molecule has 0 bridgehead atoms. The van der Waals surface area contributed by atoms with E-state index in [4.69, 9.17) is 0 Å². The van der Waals surface area contributed by atoms with E-state index >= 15 is 0 Å². The maximum Gasteiger partial charge on any atom is 0.0702 e. The van der Waals surface area contributed by atoms with Gasteiger partial charge < -0.3 is 10.0 Å². The zero-order valence-corrected chi connectivity index (χ0v) is 10.6. The third kappa shape index (κ3) is 2.87. The Hall–Kier alpha value is -1.87. The van der Waals surface area contributed by atoms with E-state index in [1.807, 2.05) is 42.5 Å². The zero-order chi connectivity index (χ0) is 12.8. The highest BCUT2D eigenvalue weighted by Crippen LogP contribution is 2.21. The summed E-state index contributed by atoms with van der Waals surface area (Å²) in [6, 6.07) is 13.9. The van der Waals surface area contributed by atoms with Gasteiger partial charge in [0.25, 0.3) is 0 Å². The van der Waals surface area contributed by atoms with Crippen molar-refractivity contribution < 1.29 is 5.11 Å². The average Bonchev–Trinajstić information content (AvgIpc) is 2.46. The van der Waals surface area contributed by atoms with Gasteiger partial charge in [-0.1, -0.05) is 24.3 Å². The molecule has 3 nitrogen and oxygen atoms in total.